The average molecular weight is 330 g/mol. The third kappa shape index (κ3) is 8.45. The first-order chi connectivity index (χ1) is 11.2. The van der Waals surface area contributed by atoms with Gasteiger partial charge in [-0.3, -0.25) is 0 Å². The Kier molecular flexibility index (Phi) is 11.9. The summed E-state index contributed by atoms with van der Waals surface area (Å²) in [5.74, 6) is 0. The number of ether oxygens (including phenoxy) is 1. The minimum atomic E-state index is -0.997. The number of aliphatic hydroxyl groups is 3. The van der Waals surface area contributed by atoms with Crippen molar-refractivity contribution in [1.82, 2.24) is 5.32 Å². The number of rotatable bonds is 13. The Hall–Kier alpha value is -0.200. The number of unbranched alkanes of at least 4 members (excludes halogenated alkanes) is 9. The fourth-order valence-electron chi connectivity index (χ4n) is 3.07. The zero-order valence-corrected chi connectivity index (χ0v) is 14.6. The van der Waals surface area contributed by atoms with Gasteiger partial charge in [-0.1, -0.05) is 64.7 Å². The van der Waals surface area contributed by atoms with Crippen LogP contribution in [0.5, 0.6) is 0 Å². The zero-order chi connectivity index (χ0) is 16.9. The van der Waals surface area contributed by atoms with Gasteiger partial charge < -0.3 is 25.4 Å². The Morgan fingerprint density at radius 3 is 2.04 bits per heavy atom. The van der Waals surface area contributed by atoms with Crippen molar-refractivity contribution in [3.8, 4) is 0 Å². The third-order valence-electron chi connectivity index (χ3n) is 4.60. The van der Waals surface area contributed by atoms with Crippen LogP contribution in [0.15, 0.2) is 0 Å². The standard InChI is InChI=1S/C18H36NO4/c1-2-3-4-5-6-7-8-9-10-11-12-19-17-16(13-20)23-14-15(21)18(17)22/h14-22H,2-13H2,1H3/t15-,16+,17+,18+/m0/s1. The molecule has 0 spiro atoms. The molecule has 1 aliphatic heterocycles. The maximum atomic E-state index is 9.97. The van der Waals surface area contributed by atoms with Gasteiger partial charge in [-0.15, -0.1) is 0 Å². The van der Waals surface area contributed by atoms with Crippen molar-refractivity contribution in [3.63, 3.8) is 0 Å². The van der Waals surface area contributed by atoms with E-state index >= 15 is 0 Å². The Bertz CT molecular complexity index is 276. The molecule has 0 aromatic rings. The topological polar surface area (TPSA) is 82.0 Å². The quantitative estimate of drug-likeness (QED) is 0.389. The van der Waals surface area contributed by atoms with Crippen molar-refractivity contribution >= 4 is 0 Å². The Balaban J connectivity index is 1.99. The molecule has 1 rings (SSSR count). The van der Waals surface area contributed by atoms with Crippen molar-refractivity contribution in [2.75, 3.05) is 13.2 Å². The van der Waals surface area contributed by atoms with Gasteiger partial charge in [0.15, 0.2) is 0 Å². The van der Waals surface area contributed by atoms with E-state index in [1.807, 2.05) is 0 Å². The highest BCUT2D eigenvalue weighted by Crippen LogP contribution is 2.18. The maximum Gasteiger partial charge on any atom is 0.115 e. The summed E-state index contributed by atoms with van der Waals surface area (Å²) in [4.78, 5) is 0. The highest BCUT2D eigenvalue weighted by Gasteiger charge is 2.38. The van der Waals surface area contributed by atoms with Gasteiger partial charge in [-0.05, 0) is 13.0 Å². The monoisotopic (exact) mass is 330 g/mol. The van der Waals surface area contributed by atoms with E-state index in [4.69, 9.17) is 4.74 Å². The molecule has 0 aliphatic carbocycles. The lowest BCUT2D eigenvalue weighted by Crippen LogP contribution is -2.59. The summed E-state index contributed by atoms with van der Waals surface area (Å²) >= 11 is 0. The molecule has 0 bridgehead atoms. The molecule has 5 nitrogen and oxygen atoms in total. The summed E-state index contributed by atoms with van der Waals surface area (Å²) in [6.45, 7) is 4.04. The van der Waals surface area contributed by atoms with Gasteiger partial charge in [0.2, 0.25) is 0 Å². The lowest BCUT2D eigenvalue weighted by atomic mass is 9.97. The predicted octanol–water partition coefficient (Wildman–Crippen LogP) is 2.14. The Labute approximate surface area is 141 Å². The highest BCUT2D eigenvalue weighted by molar-refractivity contribution is 4.95. The Morgan fingerprint density at radius 1 is 0.913 bits per heavy atom. The smallest absolute Gasteiger partial charge is 0.115 e. The molecule has 0 saturated carbocycles. The first-order valence-corrected chi connectivity index (χ1v) is 9.39. The van der Waals surface area contributed by atoms with Gasteiger partial charge in [-0.25, -0.2) is 0 Å². The molecule has 1 saturated heterocycles. The first kappa shape index (κ1) is 20.8. The van der Waals surface area contributed by atoms with Crippen molar-refractivity contribution < 1.29 is 20.1 Å². The molecule has 1 heterocycles. The maximum absolute atomic E-state index is 9.97. The van der Waals surface area contributed by atoms with E-state index in [0.29, 0.717) is 0 Å². The molecule has 1 aliphatic rings. The molecule has 1 fully saturated rings. The van der Waals surface area contributed by atoms with Gasteiger partial charge in [-0.2, -0.15) is 0 Å². The largest absolute Gasteiger partial charge is 0.394 e. The minimum Gasteiger partial charge on any atom is -0.394 e. The van der Waals surface area contributed by atoms with E-state index in [1.54, 1.807) is 0 Å². The molecule has 4 N–H and O–H groups in total. The van der Waals surface area contributed by atoms with Crippen LogP contribution < -0.4 is 5.32 Å². The SMILES string of the molecule is CCCCCCCCCCCCN[C@H]1[C@H](O)[C@@H](O)[CH]O[C@@H]1CO. The van der Waals surface area contributed by atoms with Crippen LogP contribution in [0, 0.1) is 6.61 Å². The van der Waals surface area contributed by atoms with E-state index in [2.05, 4.69) is 12.2 Å². The van der Waals surface area contributed by atoms with Crippen molar-refractivity contribution in [2.45, 2.75) is 95.5 Å². The van der Waals surface area contributed by atoms with E-state index in [9.17, 15) is 15.3 Å². The van der Waals surface area contributed by atoms with E-state index in [1.165, 1.54) is 64.4 Å². The first-order valence-electron chi connectivity index (χ1n) is 9.39. The zero-order valence-electron chi connectivity index (χ0n) is 14.6. The summed E-state index contributed by atoms with van der Waals surface area (Å²) in [7, 11) is 0. The molecule has 137 valence electrons. The van der Waals surface area contributed by atoms with Crippen molar-refractivity contribution in [1.29, 1.82) is 0 Å². The van der Waals surface area contributed by atoms with Gasteiger partial charge in [0.1, 0.15) is 18.8 Å². The molecule has 4 atom stereocenters. The molecule has 1 radical (unpaired) electrons. The second-order valence-electron chi connectivity index (χ2n) is 6.64. The van der Waals surface area contributed by atoms with Gasteiger partial charge in [0.05, 0.1) is 18.8 Å². The third-order valence-corrected chi connectivity index (χ3v) is 4.60. The van der Waals surface area contributed by atoms with Gasteiger partial charge >= 0.3 is 0 Å². The molecule has 0 aromatic carbocycles. The number of nitrogens with one attached hydrogen (secondary N) is 1. The highest BCUT2D eigenvalue weighted by atomic mass is 16.5. The molecule has 5 heteroatoms. The van der Waals surface area contributed by atoms with E-state index in [0.717, 1.165) is 13.0 Å². The predicted molar refractivity (Wildman–Crippen MR) is 91.9 cm³/mol. The molecule has 0 amide bonds. The molecular formula is C18H36NO4. The lowest BCUT2D eigenvalue weighted by Gasteiger charge is -2.37. The van der Waals surface area contributed by atoms with Crippen LogP contribution >= 0.6 is 0 Å². The van der Waals surface area contributed by atoms with Crippen LogP contribution in [0.2, 0.25) is 0 Å². The second kappa shape index (κ2) is 13.1. The fraction of sp³-hybridized carbons (Fsp3) is 0.944. The molecule has 0 aromatic heterocycles. The normalized spacial score (nSPS) is 28.2. The van der Waals surface area contributed by atoms with Crippen LogP contribution in [-0.2, 0) is 4.74 Å². The second-order valence-corrected chi connectivity index (χ2v) is 6.64. The molecule has 23 heavy (non-hydrogen) atoms. The van der Waals surface area contributed by atoms with Crippen LogP contribution in [0.4, 0.5) is 0 Å². The van der Waals surface area contributed by atoms with Crippen LogP contribution in [0.3, 0.4) is 0 Å². The summed E-state index contributed by atoms with van der Waals surface area (Å²) in [5, 5.41) is 32.0. The number of aliphatic hydroxyl groups excluding tert-OH is 3. The molecule has 0 unspecified atom stereocenters. The van der Waals surface area contributed by atoms with Crippen molar-refractivity contribution in [3.05, 3.63) is 6.61 Å². The van der Waals surface area contributed by atoms with E-state index < -0.39 is 24.4 Å². The number of hydrogen-bond donors (Lipinski definition) is 4. The van der Waals surface area contributed by atoms with Crippen LogP contribution in [0.25, 0.3) is 0 Å². The summed E-state index contributed by atoms with van der Waals surface area (Å²) in [6, 6.07) is -0.418. The Morgan fingerprint density at radius 2 is 1.48 bits per heavy atom. The summed E-state index contributed by atoms with van der Waals surface area (Å²) in [6.07, 6.45) is 10.5. The van der Waals surface area contributed by atoms with E-state index in [-0.39, 0.29) is 6.61 Å². The van der Waals surface area contributed by atoms with Crippen LogP contribution in [-0.4, -0.2) is 52.8 Å². The molecular weight excluding hydrogens is 294 g/mol. The minimum absolute atomic E-state index is 0.171. The summed E-state index contributed by atoms with van der Waals surface area (Å²) in [5.41, 5.74) is 0. The summed E-state index contributed by atoms with van der Waals surface area (Å²) < 4.78 is 5.23. The van der Waals surface area contributed by atoms with Gasteiger partial charge in [0, 0.05) is 0 Å². The lowest BCUT2D eigenvalue weighted by molar-refractivity contribution is -0.119. The van der Waals surface area contributed by atoms with Crippen LogP contribution in [0.1, 0.15) is 71.1 Å². The van der Waals surface area contributed by atoms with Gasteiger partial charge in [0.25, 0.3) is 0 Å². The average Bonchev–Trinajstić information content (AvgIpc) is 2.56. The number of hydrogen-bond acceptors (Lipinski definition) is 5. The fourth-order valence-corrected chi connectivity index (χ4v) is 3.07. The van der Waals surface area contributed by atoms with Crippen molar-refractivity contribution in [2.24, 2.45) is 0 Å².